The largest absolute Gasteiger partial charge is 0.348 e. The van der Waals surface area contributed by atoms with Crippen molar-refractivity contribution >= 4 is 0 Å². The summed E-state index contributed by atoms with van der Waals surface area (Å²) in [6.45, 7) is 6.06. The van der Waals surface area contributed by atoms with Crippen molar-refractivity contribution in [3.63, 3.8) is 0 Å². The summed E-state index contributed by atoms with van der Waals surface area (Å²) < 4.78 is 12.2. The van der Waals surface area contributed by atoms with Gasteiger partial charge >= 0.3 is 0 Å². The van der Waals surface area contributed by atoms with Gasteiger partial charge in [0.15, 0.2) is 6.29 Å². The molecular formula is C33H45NO2. The number of ether oxygens (including phenoxy) is 2. The number of hydrogen-bond donors (Lipinski definition) is 0. The summed E-state index contributed by atoms with van der Waals surface area (Å²) in [6, 6.07) is 20.4. The lowest BCUT2D eigenvalue weighted by molar-refractivity contribution is -0.206. The van der Waals surface area contributed by atoms with Gasteiger partial charge in [0.05, 0.1) is 24.7 Å². The Morgan fingerprint density at radius 1 is 0.778 bits per heavy atom. The van der Waals surface area contributed by atoms with Crippen molar-refractivity contribution < 1.29 is 9.47 Å². The van der Waals surface area contributed by atoms with Crippen LogP contribution in [0.25, 0.3) is 11.1 Å². The van der Waals surface area contributed by atoms with Gasteiger partial charge in [0, 0.05) is 11.5 Å². The zero-order valence-corrected chi connectivity index (χ0v) is 22.5. The lowest BCUT2D eigenvalue weighted by Crippen LogP contribution is -2.27. The highest BCUT2D eigenvalue weighted by molar-refractivity contribution is 5.64. The lowest BCUT2D eigenvalue weighted by atomic mass is 9.68. The molecule has 0 N–H and O–H groups in total. The Hall–Kier alpha value is -2.15. The Morgan fingerprint density at radius 2 is 1.36 bits per heavy atom. The minimum Gasteiger partial charge on any atom is -0.348 e. The molecule has 0 unspecified atom stereocenters. The van der Waals surface area contributed by atoms with Crippen molar-refractivity contribution in [2.45, 2.75) is 103 Å². The van der Waals surface area contributed by atoms with Crippen LogP contribution in [-0.2, 0) is 9.47 Å². The first-order chi connectivity index (χ1) is 17.7. The summed E-state index contributed by atoms with van der Waals surface area (Å²) in [5.74, 6) is 1.12. The summed E-state index contributed by atoms with van der Waals surface area (Å²) in [5, 5.41) is 9.70. The van der Waals surface area contributed by atoms with Crippen molar-refractivity contribution in [2.24, 2.45) is 11.3 Å². The molecule has 0 amide bonds. The third-order valence-electron chi connectivity index (χ3n) is 8.49. The maximum absolute atomic E-state index is 9.70. The van der Waals surface area contributed by atoms with E-state index >= 15 is 0 Å². The van der Waals surface area contributed by atoms with E-state index in [9.17, 15) is 5.26 Å². The van der Waals surface area contributed by atoms with Gasteiger partial charge in [0.25, 0.3) is 0 Å². The normalized spacial score (nSPS) is 26.4. The van der Waals surface area contributed by atoms with Crippen LogP contribution in [0.15, 0.2) is 48.5 Å². The molecule has 3 nitrogen and oxygen atoms in total. The van der Waals surface area contributed by atoms with Crippen LogP contribution in [0.5, 0.6) is 0 Å². The van der Waals surface area contributed by atoms with Crippen LogP contribution in [0, 0.1) is 22.7 Å². The lowest BCUT2D eigenvalue weighted by Gasteiger charge is -2.35. The van der Waals surface area contributed by atoms with Gasteiger partial charge in [-0.1, -0.05) is 101 Å². The van der Waals surface area contributed by atoms with E-state index in [1.54, 1.807) is 0 Å². The van der Waals surface area contributed by atoms with Gasteiger partial charge in [0.1, 0.15) is 0 Å². The zero-order chi connectivity index (χ0) is 25.2. The maximum atomic E-state index is 9.70. The molecule has 4 rings (SSSR count). The van der Waals surface area contributed by atoms with E-state index in [4.69, 9.17) is 9.47 Å². The third-order valence-corrected chi connectivity index (χ3v) is 8.49. The molecule has 0 bridgehead atoms. The van der Waals surface area contributed by atoms with E-state index in [1.165, 1.54) is 55.2 Å². The predicted molar refractivity (Wildman–Crippen MR) is 148 cm³/mol. The number of rotatable bonds is 11. The third kappa shape index (κ3) is 6.99. The van der Waals surface area contributed by atoms with Crippen LogP contribution in [0.4, 0.5) is 0 Å². The predicted octanol–water partition coefficient (Wildman–Crippen LogP) is 9.34. The van der Waals surface area contributed by atoms with E-state index in [1.807, 2.05) is 0 Å². The number of nitriles is 1. The van der Waals surface area contributed by atoms with Crippen LogP contribution >= 0.6 is 0 Å². The first-order valence-electron chi connectivity index (χ1n) is 14.5. The van der Waals surface area contributed by atoms with Gasteiger partial charge in [0.2, 0.25) is 0 Å². The second-order valence-corrected chi connectivity index (χ2v) is 11.2. The second kappa shape index (κ2) is 13.4. The fourth-order valence-corrected chi connectivity index (χ4v) is 6.12. The Labute approximate surface area is 219 Å². The van der Waals surface area contributed by atoms with Crippen molar-refractivity contribution in [3.05, 3.63) is 59.7 Å². The Balaban J connectivity index is 1.26. The molecule has 1 heterocycles. The summed E-state index contributed by atoms with van der Waals surface area (Å²) in [6.07, 6.45) is 14.1. The topological polar surface area (TPSA) is 42.2 Å². The molecule has 3 heteroatoms. The van der Waals surface area contributed by atoms with Gasteiger partial charge in [-0.15, -0.1) is 0 Å². The van der Waals surface area contributed by atoms with Crippen LogP contribution in [0.2, 0.25) is 0 Å². The van der Waals surface area contributed by atoms with Crippen LogP contribution in [0.3, 0.4) is 0 Å². The molecule has 0 spiro atoms. The molecule has 0 aromatic heterocycles. The first-order valence-corrected chi connectivity index (χ1v) is 14.5. The standard InChI is InChI=1S/C33H45NO2/c1-3-5-6-7-8-9-26-23-35-32(36-24-26)31-16-14-28(15-17-31)27-10-12-29(13-11-27)30-18-21-33(25-34,20-4-2)22-19-30/h10-17,26,30,32H,3-9,18-24H2,1-2H3. The average Bonchev–Trinajstić information content (AvgIpc) is 2.94. The molecular weight excluding hydrogens is 442 g/mol. The highest BCUT2D eigenvalue weighted by Crippen LogP contribution is 2.45. The number of nitrogens with zero attached hydrogens (tertiary/aromatic N) is 1. The molecule has 1 saturated heterocycles. The molecule has 1 aliphatic carbocycles. The monoisotopic (exact) mass is 487 g/mol. The number of benzene rings is 2. The van der Waals surface area contributed by atoms with Crippen molar-refractivity contribution in [1.29, 1.82) is 5.26 Å². The van der Waals surface area contributed by atoms with Gasteiger partial charge in [-0.05, 0) is 61.1 Å². The Bertz CT molecular complexity index is 943. The first kappa shape index (κ1) is 26.9. The molecule has 0 radical (unpaired) electrons. The van der Waals surface area contributed by atoms with Crippen LogP contribution in [-0.4, -0.2) is 13.2 Å². The fraction of sp³-hybridized carbons (Fsp3) is 0.606. The molecule has 2 aliphatic rings. The van der Waals surface area contributed by atoms with Crippen LogP contribution < -0.4 is 0 Å². The molecule has 1 aliphatic heterocycles. The van der Waals surface area contributed by atoms with Crippen molar-refractivity contribution in [1.82, 2.24) is 0 Å². The van der Waals surface area contributed by atoms with Gasteiger partial charge in [-0.2, -0.15) is 5.26 Å². The zero-order valence-electron chi connectivity index (χ0n) is 22.5. The van der Waals surface area contributed by atoms with Gasteiger partial charge < -0.3 is 9.47 Å². The molecule has 36 heavy (non-hydrogen) atoms. The van der Waals surface area contributed by atoms with Crippen molar-refractivity contribution in [3.8, 4) is 17.2 Å². The van der Waals surface area contributed by atoms with E-state index in [2.05, 4.69) is 68.4 Å². The average molecular weight is 488 g/mol. The van der Waals surface area contributed by atoms with E-state index in [0.717, 1.165) is 57.3 Å². The summed E-state index contributed by atoms with van der Waals surface area (Å²) in [4.78, 5) is 0. The SMILES string of the molecule is CCCCCCCC1COC(c2ccc(-c3ccc(C4CCC(C#N)(CCC)CC4)cc3)cc2)OC1. The fourth-order valence-electron chi connectivity index (χ4n) is 6.12. The van der Waals surface area contributed by atoms with Gasteiger partial charge in [-0.3, -0.25) is 0 Å². The maximum Gasteiger partial charge on any atom is 0.183 e. The second-order valence-electron chi connectivity index (χ2n) is 11.2. The molecule has 2 aromatic carbocycles. The summed E-state index contributed by atoms with van der Waals surface area (Å²) >= 11 is 0. The highest BCUT2D eigenvalue weighted by Gasteiger charge is 2.35. The van der Waals surface area contributed by atoms with Gasteiger partial charge in [-0.25, -0.2) is 0 Å². The minimum absolute atomic E-state index is 0.0755. The van der Waals surface area contributed by atoms with Crippen LogP contribution in [0.1, 0.15) is 114 Å². The highest BCUT2D eigenvalue weighted by atomic mass is 16.7. The van der Waals surface area contributed by atoms with E-state index in [-0.39, 0.29) is 11.7 Å². The minimum atomic E-state index is -0.239. The Morgan fingerprint density at radius 3 is 1.92 bits per heavy atom. The molecule has 2 aromatic rings. The molecule has 1 saturated carbocycles. The number of hydrogen-bond acceptors (Lipinski definition) is 3. The van der Waals surface area contributed by atoms with Crippen molar-refractivity contribution in [2.75, 3.05) is 13.2 Å². The molecule has 194 valence electrons. The number of unbranched alkanes of at least 4 members (excludes halogenated alkanes) is 4. The van der Waals surface area contributed by atoms with E-state index in [0.29, 0.717) is 11.8 Å². The Kier molecular flexibility index (Phi) is 10.0. The summed E-state index contributed by atoms with van der Waals surface area (Å²) in [5.41, 5.74) is 4.91. The molecule has 0 atom stereocenters. The quantitative estimate of drug-likeness (QED) is 0.296. The summed E-state index contributed by atoms with van der Waals surface area (Å²) in [7, 11) is 0. The van der Waals surface area contributed by atoms with E-state index < -0.39 is 0 Å². The molecule has 2 fully saturated rings. The smallest absolute Gasteiger partial charge is 0.183 e.